The van der Waals surface area contributed by atoms with Crippen LogP contribution in [0.2, 0.25) is 5.02 Å². The van der Waals surface area contributed by atoms with E-state index in [4.69, 9.17) is 16.3 Å². The molecule has 20 heavy (non-hydrogen) atoms. The van der Waals surface area contributed by atoms with Crippen molar-refractivity contribution in [2.45, 2.75) is 38.7 Å². The molecule has 5 heteroatoms. The molecule has 0 spiro atoms. The van der Waals surface area contributed by atoms with Crippen molar-refractivity contribution in [1.82, 2.24) is 0 Å². The van der Waals surface area contributed by atoms with Gasteiger partial charge in [-0.2, -0.15) is 0 Å². The third-order valence-corrected chi connectivity index (χ3v) is 3.20. The Balaban J connectivity index is 2.13. The predicted octanol–water partition coefficient (Wildman–Crippen LogP) is 3.85. The molecule has 0 saturated carbocycles. The molecule has 0 aliphatic rings. The molecule has 1 unspecified atom stereocenters. The van der Waals surface area contributed by atoms with Gasteiger partial charge >= 0.3 is 0 Å². The smallest absolute Gasteiger partial charge is 0.141 e. The summed E-state index contributed by atoms with van der Waals surface area (Å²) in [5.41, 5.74) is 0.679. The number of nitrogens with one attached hydrogen (secondary N) is 1. The van der Waals surface area contributed by atoms with Gasteiger partial charge in [0.1, 0.15) is 5.82 Å². The number of unbranched alkanes of at least 4 members (excludes halogenated alkanes) is 3. The van der Waals surface area contributed by atoms with Crippen LogP contribution in [0.5, 0.6) is 0 Å². The molecular formula is C15H23ClFNO2. The lowest BCUT2D eigenvalue weighted by molar-refractivity contribution is 0.0417. The lowest BCUT2D eigenvalue weighted by Gasteiger charge is -2.13. The zero-order valence-electron chi connectivity index (χ0n) is 11.9. The summed E-state index contributed by atoms with van der Waals surface area (Å²) in [5.74, 6) is -0.451. The molecule has 2 N–H and O–H groups in total. The second-order valence-electron chi connectivity index (χ2n) is 4.80. The number of anilines is 1. The maximum Gasteiger partial charge on any atom is 0.141 e. The summed E-state index contributed by atoms with van der Waals surface area (Å²) in [6.07, 6.45) is 4.02. The number of aliphatic hydroxyl groups excluding tert-OH is 1. The molecule has 0 bridgehead atoms. The van der Waals surface area contributed by atoms with Crippen molar-refractivity contribution < 1.29 is 14.2 Å². The van der Waals surface area contributed by atoms with Crippen molar-refractivity contribution in [3.63, 3.8) is 0 Å². The first kappa shape index (κ1) is 17.2. The van der Waals surface area contributed by atoms with Gasteiger partial charge in [0.25, 0.3) is 0 Å². The minimum atomic E-state index is -0.593. The Bertz CT molecular complexity index is 390. The number of halogens is 2. The summed E-state index contributed by atoms with van der Waals surface area (Å²) in [6, 6.07) is 4.37. The highest BCUT2D eigenvalue weighted by molar-refractivity contribution is 6.31. The normalized spacial score (nSPS) is 12.4. The van der Waals surface area contributed by atoms with E-state index in [-0.39, 0.29) is 5.02 Å². The van der Waals surface area contributed by atoms with Crippen molar-refractivity contribution in [1.29, 1.82) is 0 Å². The molecule has 3 nitrogen and oxygen atoms in total. The largest absolute Gasteiger partial charge is 0.389 e. The molecule has 0 aliphatic carbocycles. The molecule has 0 aliphatic heterocycles. The Labute approximate surface area is 125 Å². The SMILES string of the molecule is CCCCCCOCC(O)CNc1ccc(F)c(Cl)c1. The highest BCUT2D eigenvalue weighted by Gasteiger charge is 2.05. The van der Waals surface area contributed by atoms with Crippen molar-refractivity contribution >= 4 is 17.3 Å². The Kier molecular flexibility index (Phi) is 8.58. The van der Waals surface area contributed by atoms with Crippen LogP contribution >= 0.6 is 11.6 Å². The third kappa shape index (κ3) is 7.08. The Morgan fingerprint density at radius 3 is 2.85 bits per heavy atom. The fraction of sp³-hybridized carbons (Fsp3) is 0.600. The quantitative estimate of drug-likeness (QED) is 0.645. The van der Waals surface area contributed by atoms with E-state index >= 15 is 0 Å². The van der Waals surface area contributed by atoms with Crippen molar-refractivity contribution in [3.05, 3.63) is 29.0 Å². The third-order valence-electron chi connectivity index (χ3n) is 2.91. The minimum Gasteiger partial charge on any atom is -0.389 e. The molecule has 1 atom stereocenters. The predicted molar refractivity (Wildman–Crippen MR) is 80.9 cm³/mol. The van der Waals surface area contributed by atoms with Gasteiger partial charge in [0.15, 0.2) is 0 Å². The number of aliphatic hydroxyl groups is 1. The molecule has 0 amide bonds. The molecule has 0 radical (unpaired) electrons. The summed E-state index contributed by atoms with van der Waals surface area (Å²) in [4.78, 5) is 0. The van der Waals surface area contributed by atoms with E-state index in [2.05, 4.69) is 12.2 Å². The topological polar surface area (TPSA) is 41.5 Å². The van der Waals surface area contributed by atoms with Gasteiger partial charge in [-0.25, -0.2) is 4.39 Å². The van der Waals surface area contributed by atoms with Crippen LogP contribution < -0.4 is 5.32 Å². The molecule has 1 aromatic rings. The van der Waals surface area contributed by atoms with Gasteiger partial charge in [-0.1, -0.05) is 37.8 Å². The van der Waals surface area contributed by atoms with E-state index in [1.165, 1.54) is 31.4 Å². The molecule has 114 valence electrons. The van der Waals surface area contributed by atoms with Crippen LogP contribution in [0.15, 0.2) is 18.2 Å². The second kappa shape index (κ2) is 9.97. The molecule has 0 saturated heterocycles. The van der Waals surface area contributed by atoms with Gasteiger partial charge in [0, 0.05) is 18.8 Å². The standard InChI is InChI=1S/C15H23ClFNO2/c1-2-3-4-5-8-20-11-13(19)10-18-12-6-7-15(17)14(16)9-12/h6-7,9,13,18-19H,2-5,8,10-11H2,1H3. The van der Waals surface area contributed by atoms with Crippen LogP contribution in [-0.2, 0) is 4.74 Å². The molecule has 1 rings (SSSR count). The van der Waals surface area contributed by atoms with Gasteiger partial charge in [-0.3, -0.25) is 0 Å². The van der Waals surface area contributed by atoms with Gasteiger partial charge in [-0.15, -0.1) is 0 Å². The molecule has 0 aromatic heterocycles. The van der Waals surface area contributed by atoms with Gasteiger partial charge in [0.2, 0.25) is 0 Å². The number of rotatable bonds is 10. The first-order valence-electron chi connectivity index (χ1n) is 7.08. The average molecular weight is 304 g/mol. The number of ether oxygens (including phenoxy) is 1. The van der Waals surface area contributed by atoms with Gasteiger partial charge in [-0.05, 0) is 24.6 Å². The van der Waals surface area contributed by atoms with Gasteiger partial charge in [0.05, 0.1) is 17.7 Å². The summed E-state index contributed by atoms with van der Waals surface area (Å²) >= 11 is 5.67. The lowest BCUT2D eigenvalue weighted by atomic mass is 10.2. The molecular weight excluding hydrogens is 281 g/mol. The van der Waals surface area contributed by atoms with E-state index in [0.717, 1.165) is 6.42 Å². The van der Waals surface area contributed by atoms with Gasteiger partial charge < -0.3 is 15.2 Å². The van der Waals surface area contributed by atoms with Crippen LogP contribution in [0.25, 0.3) is 0 Å². The average Bonchev–Trinajstić information content (AvgIpc) is 2.44. The van der Waals surface area contributed by atoms with E-state index in [0.29, 0.717) is 25.4 Å². The molecule has 0 heterocycles. The zero-order valence-corrected chi connectivity index (χ0v) is 12.6. The van der Waals surface area contributed by atoms with E-state index < -0.39 is 11.9 Å². The van der Waals surface area contributed by atoms with Crippen molar-refractivity contribution in [3.8, 4) is 0 Å². The van der Waals surface area contributed by atoms with Crippen molar-refractivity contribution in [2.24, 2.45) is 0 Å². The summed E-state index contributed by atoms with van der Waals surface area (Å²) in [7, 11) is 0. The first-order valence-corrected chi connectivity index (χ1v) is 7.46. The number of benzene rings is 1. The van der Waals surface area contributed by atoms with E-state index in [9.17, 15) is 9.50 Å². The first-order chi connectivity index (χ1) is 9.63. The summed E-state index contributed by atoms with van der Waals surface area (Å²) in [6.45, 7) is 3.49. The van der Waals surface area contributed by atoms with Crippen LogP contribution in [-0.4, -0.2) is 31.0 Å². The van der Waals surface area contributed by atoms with Crippen LogP contribution in [0, 0.1) is 5.82 Å². The fourth-order valence-corrected chi connectivity index (χ4v) is 1.93. The Morgan fingerprint density at radius 2 is 2.15 bits per heavy atom. The van der Waals surface area contributed by atoms with Crippen molar-refractivity contribution in [2.75, 3.05) is 25.1 Å². The fourth-order valence-electron chi connectivity index (χ4n) is 1.75. The van der Waals surface area contributed by atoms with E-state index in [1.54, 1.807) is 6.07 Å². The van der Waals surface area contributed by atoms with Crippen LogP contribution in [0.4, 0.5) is 10.1 Å². The maximum absolute atomic E-state index is 13.0. The Morgan fingerprint density at radius 1 is 1.35 bits per heavy atom. The highest BCUT2D eigenvalue weighted by Crippen LogP contribution is 2.19. The summed E-state index contributed by atoms with van der Waals surface area (Å²) < 4.78 is 18.4. The van der Waals surface area contributed by atoms with Crippen LogP contribution in [0.1, 0.15) is 32.6 Å². The lowest BCUT2D eigenvalue weighted by Crippen LogP contribution is -2.25. The van der Waals surface area contributed by atoms with Crippen LogP contribution in [0.3, 0.4) is 0 Å². The number of hydrogen-bond donors (Lipinski definition) is 2. The minimum absolute atomic E-state index is 0.0664. The highest BCUT2D eigenvalue weighted by atomic mass is 35.5. The number of hydrogen-bond acceptors (Lipinski definition) is 3. The zero-order chi connectivity index (χ0) is 14.8. The molecule has 1 aromatic carbocycles. The molecule has 0 fully saturated rings. The second-order valence-corrected chi connectivity index (χ2v) is 5.21. The Hall–Kier alpha value is -0.840. The summed E-state index contributed by atoms with van der Waals surface area (Å²) in [5, 5.41) is 12.8. The van der Waals surface area contributed by atoms with E-state index in [1.807, 2.05) is 0 Å². The maximum atomic E-state index is 13.0. The monoisotopic (exact) mass is 303 g/mol.